The molecule has 0 radical (unpaired) electrons. The number of ether oxygens (including phenoxy) is 3. The molecule has 2 aromatic rings. The molecule has 0 aliphatic heterocycles. The van der Waals surface area contributed by atoms with Crippen LogP contribution in [0.5, 0.6) is 17.4 Å². The highest BCUT2D eigenvalue weighted by atomic mass is 16.5. The van der Waals surface area contributed by atoms with Crippen LogP contribution in [0.2, 0.25) is 0 Å². The molecule has 6 nitrogen and oxygen atoms in total. The Hall–Kier alpha value is -2.76. The SMILES string of the molecule is COc1ccc(C(=O)NC(C)c2ccc(OC)c(OC)c2)cn1. The number of nitrogens with one attached hydrogen (secondary N) is 1. The van der Waals surface area contributed by atoms with E-state index in [9.17, 15) is 4.79 Å². The Morgan fingerprint density at radius 2 is 1.78 bits per heavy atom. The van der Waals surface area contributed by atoms with Gasteiger partial charge in [-0.05, 0) is 30.7 Å². The number of hydrogen-bond donors (Lipinski definition) is 1. The van der Waals surface area contributed by atoms with Gasteiger partial charge in [0.2, 0.25) is 5.88 Å². The van der Waals surface area contributed by atoms with Crippen LogP contribution in [0.1, 0.15) is 28.9 Å². The van der Waals surface area contributed by atoms with Crippen LogP contribution >= 0.6 is 0 Å². The molecule has 0 aliphatic carbocycles. The van der Waals surface area contributed by atoms with Gasteiger partial charge in [0, 0.05) is 12.3 Å². The fourth-order valence-corrected chi connectivity index (χ4v) is 2.12. The van der Waals surface area contributed by atoms with Crippen LogP contribution in [0.3, 0.4) is 0 Å². The Morgan fingerprint density at radius 3 is 2.35 bits per heavy atom. The highest BCUT2D eigenvalue weighted by Crippen LogP contribution is 2.29. The third-order valence-corrected chi connectivity index (χ3v) is 3.46. The highest BCUT2D eigenvalue weighted by Gasteiger charge is 2.14. The highest BCUT2D eigenvalue weighted by molar-refractivity contribution is 5.94. The second-order valence-electron chi connectivity index (χ2n) is 4.90. The number of aromatic nitrogens is 1. The first-order valence-corrected chi connectivity index (χ1v) is 7.12. The number of carbonyl (C=O) groups is 1. The lowest BCUT2D eigenvalue weighted by atomic mass is 10.1. The van der Waals surface area contributed by atoms with Crippen LogP contribution in [0.4, 0.5) is 0 Å². The molecule has 2 rings (SSSR count). The molecule has 1 heterocycles. The van der Waals surface area contributed by atoms with Crippen LogP contribution in [0.25, 0.3) is 0 Å². The van der Waals surface area contributed by atoms with Gasteiger partial charge in [0.1, 0.15) is 0 Å². The number of amides is 1. The molecule has 1 unspecified atom stereocenters. The average Bonchev–Trinajstić information content (AvgIpc) is 2.60. The topological polar surface area (TPSA) is 69.7 Å². The summed E-state index contributed by atoms with van der Waals surface area (Å²) in [6, 6.07) is 8.67. The van der Waals surface area contributed by atoms with E-state index in [2.05, 4.69) is 10.3 Å². The second kappa shape index (κ2) is 7.49. The van der Waals surface area contributed by atoms with E-state index >= 15 is 0 Å². The van der Waals surface area contributed by atoms with Crippen molar-refractivity contribution in [2.45, 2.75) is 13.0 Å². The molecule has 1 atom stereocenters. The fraction of sp³-hybridized carbons (Fsp3) is 0.294. The summed E-state index contributed by atoms with van der Waals surface area (Å²) in [4.78, 5) is 16.3. The van der Waals surface area contributed by atoms with Crippen LogP contribution in [0, 0.1) is 0 Å². The van der Waals surface area contributed by atoms with Crippen molar-refractivity contribution >= 4 is 5.91 Å². The zero-order chi connectivity index (χ0) is 16.8. The number of hydrogen-bond acceptors (Lipinski definition) is 5. The van der Waals surface area contributed by atoms with Crippen LogP contribution < -0.4 is 19.5 Å². The van der Waals surface area contributed by atoms with Crippen LogP contribution in [-0.4, -0.2) is 32.2 Å². The predicted octanol–water partition coefficient (Wildman–Crippen LogP) is 2.60. The minimum Gasteiger partial charge on any atom is -0.493 e. The molecule has 0 saturated heterocycles. The Labute approximate surface area is 135 Å². The largest absolute Gasteiger partial charge is 0.493 e. The second-order valence-corrected chi connectivity index (χ2v) is 4.90. The molecular formula is C17H20N2O4. The van der Waals surface area contributed by atoms with Crippen molar-refractivity contribution in [1.82, 2.24) is 10.3 Å². The van der Waals surface area contributed by atoms with E-state index in [1.807, 2.05) is 25.1 Å². The fourth-order valence-electron chi connectivity index (χ4n) is 2.12. The molecule has 6 heteroatoms. The summed E-state index contributed by atoms with van der Waals surface area (Å²) in [6.07, 6.45) is 1.48. The van der Waals surface area contributed by atoms with E-state index in [4.69, 9.17) is 14.2 Å². The van der Waals surface area contributed by atoms with Crippen LogP contribution in [0.15, 0.2) is 36.5 Å². The first kappa shape index (κ1) is 16.6. The summed E-state index contributed by atoms with van der Waals surface area (Å²) in [5.41, 5.74) is 1.38. The number of methoxy groups -OCH3 is 3. The Bertz CT molecular complexity index is 671. The lowest BCUT2D eigenvalue weighted by Crippen LogP contribution is -2.26. The summed E-state index contributed by atoms with van der Waals surface area (Å²) in [5.74, 6) is 1.53. The minimum absolute atomic E-state index is 0.190. The van der Waals surface area contributed by atoms with E-state index in [0.717, 1.165) is 5.56 Å². The van der Waals surface area contributed by atoms with Gasteiger partial charge in [-0.1, -0.05) is 6.07 Å². The quantitative estimate of drug-likeness (QED) is 0.887. The van der Waals surface area contributed by atoms with Crippen molar-refractivity contribution in [1.29, 1.82) is 0 Å². The van der Waals surface area contributed by atoms with Gasteiger partial charge >= 0.3 is 0 Å². The van der Waals surface area contributed by atoms with E-state index in [0.29, 0.717) is 22.9 Å². The molecule has 0 bridgehead atoms. The van der Waals surface area contributed by atoms with Gasteiger partial charge in [-0.3, -0.25) is 4.79 Å². The van der Waals surface area contributed by atoms with E-state index in [1.165, 1.54) is 13.3 Å². The van der Waals surface area contributed by atoms with Gasteiger partial charge < -0.3 is 19.5 Å². The first-order chi connectivity index (χ1) is 11.1. The maximum Gasteiger partial charge on any atom is 0.253 e. The van der Waals surface area contributed by atoms with Gasteiger partial charge in [0.15, 0.2) is 11.5 Å². The Balaban J connectivity index is 2.11. The van der Waals surface area contributed by atoms with Gasteiger partial charge in [-0.2, -0.15) is 0 Å². The van der Waals surface area contributed by atoms with Crippen molar-refractivity contribution in [3.05, 3.63) is 47.7 Å². The normalized spacial score (nSPS) is 11.5. The van der Waals surface area contributed by atoms with Gasteiger partial charge in [-0.15, -0.1) is 0 Å². The maximum atomic E-state index is 12.3. The summed E-state index contributed by atoms with van der Waals surface area (Å²) in [7, 11) is 4.69. The van der Waals surface area contributed by atoms with Crippen molar-refractivity contribution in [2.24, 2.45) is 0 Å². The molecule has 23 heavy (non-hydrogen) atoms. The summed E-state index contributed by atoms with van der Waals surface area (Å²) >= 11 is 0. The number of carbonyl (C=O) groups excluding carboxylic acids is 1. The van der Waals surface area contributed by atoms with Crippen molar-refractivity contribution < 1.29 is 19.0 Å². The molecule has 1 amide bonds. The zero-order valence-electron chi connectivity index (χ0n) is 13.6. The molecule has 0 saturated carbocycles. The predicted molar refractivity (Wildman–Crippen MR) is 86.2 cm³/mol. The molecule has 1 N–H and O–H groups in total. The lowest BCUT2D eigenvalue weighted by Gasteiger charge is -2.16. The summed E-state index contributed by atoms with van der Waals surface area (Å²) in [6.45, 7) is 1.90. The summed E-state index contributed by atoms with van der Waals surface area (Å²) < 4.78 is 15.5. The standard InChI is InChI=1S/C17H20N2O4/c1-11(12-5-7-14(21-2)15(9-12)22-3)19-17(20)13-6-8-16(23-4)18-10-13/h5-11H,1-4H3,(H,19,20). The molecule has 1 aromatic heterocycles. The third kappa shape index (κ3) is 3.91. The molecule has 0 spiro atoms. The number of rotatable bonds is 6. The molecular weight excluding hydrogens is 296 g/mol. The molecule has 122 valence electrons. The minimum atomic E-state index is -0.206. The van der Waals surface area contributed by atoms with Crippen molar-refractivity contribution in [2.75, 3.05) is 21.3 Å². The number of nitrogens with zero attached hydrogens (tertiary/aromatic N) is 1. The molecule has 1 aromatic carbocycles. The third-order valence-electron chi connectivity index (χ3n) is 3.46. The first-order valence-electron chi connectivity index (χ1n) is 7.12. The van der Waals surface area contributed by atoms with Gasteiger partial charge in [0.05, 0.1) is 32.9 Å². The summed E-state index contributed by atoms with van der Waals surface area (Å²) in [5, 5.41) is 2.92. The van der Waals surface area contributed by atoms with Gasteiger partial charge in [-0.25, -0.2) is 4.98 Å². The monoisotopic (exact) mass is 316 g/mol. The van der Waals surface area contributed by atoms with Crippen LogP contribution in [-0.2, 0) is 0 Å². The van der Waals surface area contributed by atoms with Crippen molar-refractivity contribution in [3.63, 3.8) is 0 Å². The van der Waals surface area contributed by atoms with E-state index in [1.54, 1.807) is 26.4 Å². The maximum absolute atomic E-state index is 12.3. The Morgan fingerprint density at radius 1 is 1.04 bits per heavy atom. The van der Waals surface area contributed by atoms with Gasteiger partial charge in [0.25, 0.3) is 5.91 Å². The van der Waals surface area contributed by atoms with E-state index in [-0.39, 0.29) is 11.9 Å². The number of pyridine rings is 1. The average molecular weight is 316 g/mol. The number of benzene rings is 1. The lowest BCUT2D eigenvalue weighted by molar-refractivity contribution is 0.0939. The van der Waals surface area contributed by atoms with E-state index < -0.39 is 0 Å². The van der Waals surface area contributed by atoms with Crippen molar-refractivity contribution in [3.8, 4) is 17.4 Å². The molecule has 0 aliphatic rings. The smallest absolute Gasteiger partial charge is 0.253 e. The Kier molecular flexibility index (Phi) is 5.41. The molecule has 0 fully saturated rings. The zero-order valence-corrected chi connectivity index (χ0v) is 13.6.